The summed E-state index contributed by atoms with van der Waals surface area (Å²) in [6.07, 6.45) is 0. The van der Waals surface area contributed by atoms with Gasteiger partial charge in [0.05, 0.1) is 6.07 Å². The molecule has 0 aliphatic carbocycles. The molecule has 6 heteroatoms. The molecule has 0 bridgehead atoms. The van der Waals surface area contributed by atoms with Crippen molar-refractivity contribution in [1.82, 2.24) is 4.31 Å². The highest BCUT2D eigenvalue weighted by Gasteiger charge is 2.33. The maximum Gasteiger partial charge on any atom is 0.227 e. The second kappa shape index (κ2) is 4.09. The lowest BCUT2D eigenvalue weighted by Gasteiger charge is -2.36. The van der Waals surface area contributed by atoms with Crippen molar-refractivity contribution in [3.63, 3.8) is 0 Å². The Balaban J connectivity index is 2.76. The van der Waals surface area contributed by atoms with Crippen molar-refractivity contribution < 1.29 is 8.42 Å². The zero-order valence-corrected chi connectivity index (χ0v) is 9.99. The van der Waals surface area contributed by atoms with E-state index in [0.29, 0.717) is 13.1 Å². The monoisotopic (exact) mass is 234 g/mol. The molecule has 1 aliphatic heterocycles. The van der Waals surface area contributed by atoms with Gasteiger partial charge in [0, 0.05) is 23.6 Å². The number of hydrogen-bond donors (Lipinski definition) is 0. The van der Waals surface area contributed by atoms with Crippen LogP contribution in [0.5, 0.6) is 0 Å². The highest BCUT2D eigenvalue weighted by Crippen LogP contribution is 2.30. The molecule has 0 amide bonds. The second-order valence-corrected chi connectivity index (χ2v) is 7.63. The molecule has 14 heavy (non-hydrogen) atoms. The van der Waals surface area contributed by atoms with Crippen LogP contribution in [0.25, 0.3) is 0 Å². The highest BCUT2D eigenvalue weighted by atomic mass is 32.2. The third kappa shape index (κ3) is 2.87. The summed E-state index contributed by atoms with van der Waals surface area (Å²) in [6, 6.07) is 1.70. The number of thioether (sulfide) groups is 1. The van der Waals surface area contributed by atoms with Crippen LogP contribution >= 0.6 is 11.8 Å². The number of nitrogens with zero attached hydrogens (tertiary/aromatic N) is 2. The molecule has 0 aromatic rings. The van der Waals surface area contributed by atoms with E-state index in [4.69, 9.17) is 5.26 Å². The molecular weight excluding hydrogens is 220 g/mol. The molecule has 1 rings (SSSR count). The van der Waals surface area contributed by atoms with Gasteiger partial charge in [-0.3, -0.25) is 0 Å². The van der Waals surface area contributed by atoms with E-state index in [9.17, 15) is 8.42 Å². The van der Waals surface area contributed by atoms with Crippen molar-refractivity contribution in [1.29, 1.82) is 5.26 Å². The Morgan fingerprint density at radius 3 is 2.71 bits per heavy atom. The first-order valence-corrected chi connectivity index (χ1v) is 6.96. The van der Waals surface area contributed by atoms with Crippen LogP contribution in [0.15, 0.2) is 0 Å². The van der Waals surface area contributed by atoms with Crippen molar-refractivity contribution in [2.45, 2.75) is 18.6 Å². The van der Waals surface area contributed by atoms with E-state index in [1.54, 1.807) is 17.8 Å². The first-order valence-electron chi connectivity index (χ1n) is 4.36. The SMILES string of the molecule is CC1(C)CN(S(=O)(=O)CC#N)CCS1. The summed E-state index contributed by atoms with van der Waals surface area (Å²) in [6.45, 7) is 5.07. The number of rotatable bonds is 2. The van der Waals surface area contributed by atoms with Gasteiger partial charge in [-0.25, -0.2) is 8.42 Å². The van der Waals surface area contributed by atoms with Crippen molar-refractivity contribution in [3.05, 3.63) is 0 Å². The molecule has 1 aliphatic rings. The van der Waals surface area contributed by atoms with Gasteiger partial charge in [-0.2, -0.15) is 21.3 Å². The molecule has 0 aromatic heterocycles. The lowest BCUT2D eigenvalue weighted by Crippen LogP contribution is -2.46. The third-order valence-electron chi connectivity index (χ3n) is 2.03. The minimum absolute atomic E-state index is 0.0409. The largest absolute Gasteiger partial charge is 0.227 e. The van der Waals surface area contributed by atoms with Gasteiger partial charge in [-0.15, -0.1) is 0 Å². The lowest BCUT2D eigenvalue weighted by atomic mass is 10.2. The summed E-state index contributed by atoms with van der Waals surface area (Å²) in [4.78, 5) is 0. The Morgan fingerprint density at radius 1 is 1.57 bits per heavy atom. The van der Waals surface area contributed by atoms with E-state index >= 15 is 0 Å². The van der Waals surface area contributed by atoms with Crippen molar-refractivity contribution in [3.8, 4) is 6.07 Å². The van der Waals surface area contributed by atoms with Crippen LogP contribution in [0, 0.1) is 11.3 Å². The highest BCUT2D eigenvalue weighted by molar-refractivity contribution is 8.00. The predicted molar refractivity (Wildman–Crippen MR) is 57.5 cm³/mol. The molecule has 0 aromatic carbocycles. The molecular formula is C8H14N2O2S2. The summed E-state index contributed by atoms with van der Waals surface area (Å²) in [5, 5.41) is 8.40. The molecule has 0 radical (unpaired) electrons. The zero-order valence-electron chi connectivity index (χ0n) is 8.36. The smallest absolute Gasteiger partial charge is 0.211 e. The van der Waals surface area contributed by atoms with Crippen molar-refractivity contribution in [2.24, 2.45) is 0 Å². The number of sulfonamides is 1. The van der Waals surface area contributed by atoms with E-state index in [1.165, 1.54) is 4.31 Å². The summed E-state index contributed by atoms with van der Waals surface area (Å²) >= 11 is 1.77. The van der Waals surface area contributed by atoms with Crippen molar-refractivity contribution >= 4 is 21.8 Å². The van der Waals surface area contributed by atoms with Crippen LogP contribution in [0.3, 0.4) is 0 Å². The molecule has 1 saturated heterocycles. The van der Waals surface area contributed by atoms with E-state index in [2.05, 4.69) is 0 Å². The molecule has 4 nitrogen and oxygen atoms in total. The molecule has 0 spiro atoms. The third-order valence-corrected chi connectivity index (χ3v) is 4.92. The maximum absolute atomic E-state index is 11.6. The molecule has 0 N–H and O–H groups in total. The van der Waals surface area contributed by atoms with Gasteiger partial charge in [0.2, 0.25) is 10.0 Å². The molecule has 0 unspecified atom stereocenters. The Bertz CT molecular complexity index is 343. The lowest BCUT2D eigenvalue weighted by molar-refractivity contribution is 0.389. The molecule has 80 valence electrons. The van der Waals surface area contributed by atoms with Gasteiger partial charge in [-0.1, -0.05) is 0 Å². The van der Waals surface area contributed by atoms with Crippen LogP contribution in [-0.2, 0) is 10.0 Å². The van der Waals surface area contributed by atoms with Crippen LogP contribution in [0.4, 0.5) is 0 Å². The van der Waals surface area contributed by atoms with Crippen LogP contribution in [0.2, 0.25) is 0 Å². The van der Waals surface area contributed by atoms with Gasteiger partial charge < -0.3 is 0 Å². The number of nitriles is 1. The fourth-order valence-electron chi connectivity index (χ4n) is 1.38. The quantitative estimate of drug-likeness (QED) is 0.704. The summed E-state index contributed by atoms with van der Waals surface area (Å²) in [5.41, 5.74) is 0. The van der Waals surface area contributed by atoms with E-state index in [-0.39, 0.29) is 4.75 Å². The van der Waals surface area contributed by atoms with Crippen molar-refractivity contribution in [2.75, 3.05) is 24.6 Å². The average molecular weight is 234 g/mol. The number of hydrogen-bond acceptors (Lipinski definition) is 4. The first-order chi connectivity index (χ1) is 6.37. The molecule has 1 fully saturated rings. The van der Waals surface area contributed by atoms with Gasteiger partial charge in [-0.05, 0) is 13.8 Å². The van der Waals surface area contributed by atoms with Gasteiger partial charge in [0.1, 0.15) is 0 Å². The zero-order chi connectivity index (χ0) is 10.8. The Hall–Kier alpha value is -0.250. The fraction of sp³-hybridized carbons (Fsp3) is 0.875. The van der Waals surface area contributed by atoms with E-state index < -0.39 is 15.8 Å². The normalized spacial score (nSPS) is 22.9. The first kappa shape index (κ1) is 11.8. The topological polar surface area (TPSA) is 61.2 Å². The van der Waals surface area contributed by atoms with Crippen LogP contribution in [-0.4, -0.2) is 42.1 Å². The van der Waals surface area contributed by atoms with Crippen LogP contribution in [0.1, 0.15) is 13.8 Å². The molecule has 0 saturated carbocycles. The Morgan fingerprint density at radius 2 is 2.21 bits per heavy atom. The standard InChI is InChI=1S/C8H14N2O2S2/c1-8(2)7-10(4-5-13-8)14(11,12)6-3-9/h4-7H2,1-2H3. The van der Waals surface area contributed by atoms with Gasteiger partial charge >= 0.3 is 0 Å². The summed E-state index contributed by atoms with van der Waals surface area (Å²) in [7, 11) is -3.35. The maximum atomic E-state index is 11.6. The Kier molecular flexibility index (Phi) is 3.45. The Labute approximate surface area is 89.3 Å². The minimum Gasteiger partial charge on any atom is -0.211 e. The minimum atomic E-state index is -3.35. The fourth-order valence-corrected chi connectivity index (χ4v) is 3.93. The average Bonchev–Trinajstić information content (AvgIpc) is 2.02. The van der Waals surface area contributed by atoms with Gasteiger partial charge in [0.15, 0.2) is 5.75 Å². The molecule has 0 atom stereocenters. The van der Waals surface area contributed by atoms with Crippen LogP contribution < -0.4 is 0 Å². The van der Waals surface area contributed by atoms with E-state index in [1.807, 2.05) is 13.8 Å². The molecule has 1 heterocycles. The predicted octanol–water partition coefficient (Wildman–Crippen LogP) is 0.667. The summed E-state index contributed by atoms with van der Waals surface area (Å²) in [5.74, 6) is 0.394. The summed E-state index contributed by atoms with van der Waals surface area (Å²) < 4.78 is 24.5. The second-order valence-electron chi connectivity index (χ2n) is 3.86. The van der Waals surface area contributed by atoms with E-state index in [0.717, 1.165) is 5.75 Å². The van der Waals surface area contributed by atoms with Gasteiger partial charge in [0.25, 0.3) is 0 Å².